The second kappa shape index (κ2) is 6.44. The second-order valence-corrected chi connectivity index (χ2v) is 4.94. The van der Waals surface area contributed by atoms with Gasteiger partial charge in [-0.05, 0) is 18.2 Å². The molecule has 4 nitrogen and oxygen atoms in total. The number of benzene rings is 1. The van der Waals surface area contributed by atoms with Gasteiger partial charge in [0.1, 0.15) is 0 Å². The molecule has 6 heteroatoms. The molecule has 0 spiro atoms. The summed E-state index contributed by atoms with van der Waals surface area (Å²) in [5.41, 5.74) is 0. The van der Waals surface area contributed by atoms with Crippen molar-refractivity contribution in [2.24, 2.45) is 0 Å². The summed E-state index contributed by atoms with van der Waals surface area (Å²) in [7, 11) is 0. The fourth-order valence-corrected chi connectivity index (χ4v) is 2.37. The van der Waals surface area contributed by atoms with Crippen molar-refractivity contribution < 1.29 is 19.8 Å². The first-order valence-corrected chi connectivity index (χ1v) is 6.34. The van der Waals surface area contributed by atoms with Crippen LogP contribution in [0.25, 0.3) is 0 Å². The number of carbonyl (C=O) groups is 2. The number of hydrogen-bond acceptors (Lipinski definition) is 4. The molecule has 1 rings (SSSR count). The lowest BCUT2D eigenvalue weighted by molar-refractivity contribution is -0.134. The van der Waals surface area contributed by atoms with Gasteiger partial charge in [-0.15, -0.1) is 23.5 Å². The van der Waals surface area contributed by atoms with Gasteiger partial charge in [0.05, 0.1) is 11.5 Å². The first-order valence-electron chi connectivity index (χ1n) is 4.37. The molecular weight excluding hydrogens is 248 g/mol. The summed E-state index contributed by atoms with van der Waals surface area (Å²) in [5.74, 6) is -1.72. The molecule has 0 aromatic heterocycles. The molecule has 1 aromatic rings. The minimum Gasteiger partial charge on any atom is -0.481 e. The topological polar surface area (TPSA) is 74.6 Å². The fraction of sp³-hybridized carbons (Fsp3) is 0.200. The van der Waals surface area contributed by atoms with E-state index in [1.807, 2.05) is 0 Å². The first kappa shape index (κ1) is 12.9. The zero-order valence-corrected chi connectivity index (χ0v) is 9.88. The maximum atomic E-state index is 10.4. The van der Waals surface area contributed by atoms with Crippen molar-refractivity contribution in [1.82, 2.24) is 0 Å². The van der Waals surface area contributed by atoms with E-state index in [0.717, 1.165) is 9.79 Å². The minimum atomic E-state index is -0.867. The Labute approximate surface area is 101 Å². The molecule has 0 bridgehead atoms. The van der Waals surface area contributed by atoms with Crippen LogP contribution in [-0.4, -0.2) is 33.7 Å². The molecule has 0 saturated heterocycles. The van der Waals surface area contributed by atoms with Crippen LogP contribution in [0.2, 0.25) is 0 Å². The standard InChI is InChI=1S/C10H10O4S2/c11-9(12)5-15-7-2-1-3-8(4-7)16-6-10(13)14/h1-4H,5-6H2,(H,11,12)(H,13,14). The van der Waals surface area contributed by atoms with E-state index >= 15 is 0 Å². The Morgan fingerprint density at radius 2 is 1.44 bits per heavy atom. The van der Waals surface area contributed by atoms with Gasteiger partial charge >= 0.3 is 11.9 Å². The number of carboxylic acids is 2. The Morgan fingerprint density at radius 3 is 1.81 bits per heavy atom. The Morgan fingerprint density at radius 1 is 1.00 bits per heavy atom. The van der Waals surface area contributed by atoms with Crippen molar-refractivity contribution >= 4 is 35.5 Å². The highest BCUT2D eigenvalue weighted by molar-refractivity contribution is 8.00. The summed E-state index contributed by atoms with van der Waals surface area (Å²) in [6.45, 7) is 0. The summed E-state index contributed by atoms with van der Waals surface area (Å²) in [5, 5.41) is 17.0. The molecule has 0 amide bonds. The van der Waals surface area contributed by atoms with Gasteiger partial charge in [-0.25, -0.2) is 0 Å². The molecule has 0 unspecified atom stereocenters. The monoisotopic (exact) mass is 258 g/mol. The van der Waals surface area contributed by atoms with E-state index in [1.165, 1.54) is 23.5 Å². The van der Waals surface area contributed by atoms with Gasteiger partial charge in [0, 0.05) is 9.79 Å². The van der Waals surface area contributed by atoms with Crippen molar-refractivity contribution in [2.45, 2.75) is 9.79 Å². The van der Waals surface area contributed by atoms with E-state index in [1.54, 1.807) is 24.3 Å². The predicted octanol–water partition coefficient (Wildman–Crippen LogP) is 2.04. The zero-order valence-electron chi connectivity index (χ0n) is 8.25. The Kier molecular flexibility index (Phi) is 5.21. The second-order valence-electron chi connectivity index (χ2n) is 2.84. The normalized spacial score (nSPS) is 10.0. The van der Waals surface area contributed by atoms with Crippen molar-refractivity contribution in [3.63, 3.8) is 0 Å². The Balaban J connectivity index is 2.56. The molecule has 0 fully saturated rings. The SMILES string of the molecule is O=C(O)CSc1cccc(SCC(=O)O)c1. The number of thioether (sulfide) groups is 2. The fourth-order valence-electron chi connectivity index (χ4n) is 0.944. The van der Waals surface area contributed by atoms with Crippen LogP contribution < -0.4 is 0 Å². The average molecular weight is 258 g/mol. The summed E-state index contributed by atoms with van der Waals surface area (Å²) in [4.78, 5) is 22.4. The third-order valence-electron chi connectivity index (χ3n) is 1.53. The molecule has 0 heterocycles. The predicted molar refractivity (Wildman–Crippen MR) is 63.2 cm³/mol. The highest BCUT2D eigenvalue weighted by Crippen LogP contribution is 2.24. The van der Waals surface area contributed by atoms with Gasteiger partial charge in [-0.1, -0.05) is 6.07 Å². The molecule has 86 valence electrons. The van der Waals surface area contributed by atoms with Crippen LogP contribution in [0.1, 0.15) is 0 Å². The van der Waals surface area contributed by atoms with Crippen molar-refractivity contribution in [3.8, 4) is 0 Å². The van der Waals surface area contributed by atoms with Gasteiger partial charge in [0.25, 0.3) is 0 Å². The largest absolute Gasteiger partial charge is 0.481 e. The van der Waals surface area contributed by atoms with Crippen molar-refractivity contribution in [1.29, 1.82) is 0 Å². The molecule has 0 aliphatic rings. The highest BCUT2D eigenvalue weighted by Gasteiger charge is 2.03. The third-order valence-corrected chi connectivity index (χ3v) is 3.49. The van der Waals surface area contributed by atoms with Crippen LogP contribution in [0.4, 0.5) is 0 Å². The van der Waals surface area contributed by atoms with E-state index in [9.17, 15) is 9.59 Å². The van der Waals surface area contributed by atoms with Crippen LogP contribution >= 0.6 is 23.5 Å². The number of carboxylic acid groups (broad SMARTS) is 2. The number of rotatable bonds is 6. The molecule has 0 aliphatic carbocycles. The van der Waals surface area contributed by atoms with Gasteiger partial charge in [-0.3, -0.25) is 9.59 Å². The minimum absolute atomic E-state index is 0.00699. The summed E-state index contributed by atoms with van der Waals surface area (Å²) < 4.78 is 0. The van der Waals surface area contributed by atoms with E-state index in [0.29, 0.717) is 0 Å². The Bertz CT molecular complexity index is 359. The van der Waals surface area contributed by atoms with Crippen molar-refractivity contribution in [2.75, 3.05) is 11.5 Å². The van der Waals surface area contributed by atoms with Crippen LogP contribution in [0.15, 0.2) is 34.1 Å². The molecule has 2 N–H and O–H groups in total. The van der Waals surface area contributed by atoms with E-state index in [2.05, 4.69) is 0 Å². The molecule has 0 atom stereocenters. The van der Waals surface area contributed by atoms with E-state index in [-0.39, 0.29) is 11.5 Å². The lowest BCUT2D eigenvalue weighted by Gasteiger charge is -2.02. The molecule has 0 radical (unpaired) electrons. The average Bonchev–Trinajstić information content (AvgIpc) is 2.24. The van der Waals surface area contributed by atoms with E-state index in [4.69, 9.17) is 10.2 Å². The molecule has 16 heavy (non-hydrogen) atoms. The number of hydrogen-bond donors (Lipinski definition) is 2. The smallest absolute Gasteiger partial charge is 0.313 e. The van der Waals surface area contributed by atoms with Crippen LogP contribution in [-0.2, 0) is 9.59 Å². The highest BCUT2D eigenvalue weighted by atomic mass is 32.2. The van der Waals surface area contributed by atoms with Gasteiger partial charge in [0.15, 0.2) is 0 Å². The summed E-state index contributed by atoms with van der Waals surface area (Å²) in [6.07, 6.45) is 0. The quantitative estimate of drug-likeness (QED) is 0.761. The summed E-state index contributed by atoms with van der Waals surface area (Å²) in [6, 6.07) is 7.19. The maximum Gasteiger partial charge on any atom is 0.313 e. The first-order chi connectivity index (χ1) is 7.58. The van der Waals surface area contributed by atoms with Gasteiger partial charge in [0.2, 0.25) is 0 Å². The maximum absolute atomic E-state index is 10.4. The van der Waals surface area contributed by atoms with Crippen LogP contribution in [0.3, 0.4) is 0 Å². The summed E-state index contributed by atoms with van der Waals surface area (Å²) >= 11 is 2.43. The lowest BCUT2D eigenvalue weighted by atomic mass is 10.4. The number of aliphatic carboxylic acids is 2. The van der Waals surface area contributed by atoms with Crippen LogP contribution in [0.5, 0.6) is 0 Å². The van der Waals surface area contributed by atoms with Crippen molar-refractivity contribution in [3.05, 3.63) is 24.3 Å². The van der Waals surface area contributed by atoms with E-state index < -0.39 is 11.9 Å². The third kappa shape index (κ3) is 5.09. The van der Waals surface area contributed by atoms with Gasteiger partial charge in [-0.2, -0.15) is 0 Å². The molecular formula is C10H10O4S2. The molecule has 0 aliphatic heterocycles. The Hall–Kier alpha value is -1.14. The van der Waals surface area contributed by atoms with Gasteiger partial charge < -0.3 is 10.2 Å². The van der Waals surface area contributed by atoms with Crippen LogP contribution in [0, 0.1) is 0 Å². The lowest BCUT2D eigenvalue weighted by Crippen LogP contribution is -1.98. The zero-order chi connectivity index (χ0) is 12.0. The molecule has 0 saturated carbocycles. The molecule has 1 aromatic carbocycles.